The van der Waals surface area contributed by atoms with E-state index in [4.69, 9.17) is 9.47 Å². The van der Waals surface area contributed by atoms with Crippen molar-refractivity contribution in [3.63, 3.8) is 0 Å². The summed E-state index contributed by atoms with van der Waals surface area (Å²) in [5, 5.41) is 11.0. The third-order valence-electron chi connectivity index (χ3n) is 4.93. The molecular weight excluding hydrogens is 389 g/mol. The lowest BCUT2D eigenvalue weighted by atomic mass is 9.95. The highest BCUT2D eigenvalue weighted by atomic mass is 19.1. The Balaban J connectivity index is 2.19. The molecule has 0 spiro atoms. The highest BCUT2D eigenvalue weighted by Crippen LogP contribution is 2.41. The Labute approximate surface area is 174 Å². The smallest absolute Gasteiger partial charge is 0.295 e. The number of methoxy groups -OCH3 is 1. The second kappa shape index (κ2) is 8.98. The molecule has 7 heteroatoms. The van der Waals surface area contributed by atoms with Gasteiger partial charge in [-0.25, -0.2) is 4.39 Å². The van der Waals surface area contributed by atoms with Gasteiger partial charge in [0.05, 0.1) is 30.9 Å². The van der Waals surface area contributed by atoms with Gasteiger partial charge in [0, 0.05) is 6.54 Å². The van der Waals surface area contributed by atoms with E-state index in [1.807, 2.05) is 13.8 Å². The third kappa shape index (κ3) is 3.87. The normalized spacial score (nSPS) is 18.0. The predicted molar refractivity (Wildman–Crippen MR) is 110 cm³/mol. The van der Waals surface area contributed by atoms with Crippen LogP contribution in [0.5, 0.6) is 11.5 Å². The molecule has 2 aromatic carbocycles. The van der Waals surface area contributed by atoms with Crippen LogP contribution in [-0.2, 0) is 9.59 Å². The molecule has 3 rings (SSSR count). The average Bonchev–Trinajstić information content (AvgIpc) is 2.99. The standard InChI is InChI=1S/C23H24FNO5/c1-4-12-25-20(14-6-9-16(10-7-14)30-5-2)19(22(27)23(25)28)21(26)17-13-15(24)8-11-18(17)29-3/h6-11,13,20,26H,4-5,12H2,1-3H3/b21-19+. The predicted octanol–water partition coefficient (Wildman–Crippen LogP) is 4.06. The molecule has 1 saturated heterocycles. The Bertz CT molecular complexity index is 984. The number of carbonyl (C=O) groups is 2. The largest absolute Gasteiger partial charge is 0.507 e. The molecule has 1 aliphatic rings. The lowest BCUT2D eigenvalue weighted by molar-refractivity contribution is -0.139. The summed E-state index contributed by atoms with van der Waals surface area (Å²) in [6, 6.07) is 9.82. The monoisotopic (exact) mass is 413 g/mol. The van der Waals surface area contributed by atoms with Crippen molar-refractivity contribution in [2.45, 2.75) is 26.3 Å². The van der Waals surface area contributed by atoms with Crippen LogP contribution in [0.15, 0.2) is 48.0 Å². The first kappa shape index (κ1) is 21.4. The summed E-state index contributed by atoms with van der Waals surface area (Å²) in [6.07, 6.45) is 0.629. The lowest BCUT2D eigenvalue weighted by Gasteiger charge is -2.25. The molecule has 1 aliphatic heterocycles. The Morgan fingerprint density at radius 1 is 1.13 bits per heavy atom. The van der Waals surface area contributed by atoms with E-state index in [1.165, 1.54) is 24.1 Å². The fourth-order valence-corrected chi connectivity index (χ4v) is 3.62. The number of nitrogens with zero attached hydrogens (tertiary/aromatic N) is 1. The van der Waals surface area contributed by atoms with E-state index in [0.717, 1.165) is 6.07 Å². The highest BCUT2D eigenvalue weighted by molar-refractivity contribution is 6.46. The molecule has 0 radical (unpaired) electrons. The number of ketones is 1. The van der Waals surface area contributed by atoms with E-state index >= 15 is 0 Å². The van der Waals surface area contributed by atoms with Crippen LogP contribution in [0.2, 0.25) is 0 Å². The Morgan fingerprint density at radius 2 is 1.83 bits per heavy atom. The van der Waals surface area contributed by atoms with E-state index in [1.54, 1.807) is 24.3 Å². The number of Topliss-reactive ketones (excluding diaryl/α,β-unsaturated/α-hetero) is 1. The van der Waals surface area contributed by atoms with Crippen LogP contribution in [0.3, 0.4) is 0 Å². The van der Waals surface area contributed by atoms with Crippen LogP contribution in [0.25, 0.3) is 5.76 Å². The molecule has 158 valence electrons. The quantitative estimate of drug-likeness (QED) is 0.421. The third-order valence-corrected chi connectivity index (χ3v) is 4.93. The summed E-state index contributed by atoms with van der Waals surface area (Å²) >= 11 is 0. The van der Waals surface area contributed by atoms with Crippen molar-refractivity contribution in [1.29, 1.82) is 0 Å². The van der Waals surface area contributed by atoms with Gasteiger partial charge < -0.3 is 19.5 Å². The van der Waals surface area contributed by atoms with Crippen LogP contribution in [0.4, 0.5) is 4.39 Å². The first-order valence-electron chi connectivity index (χ1n) is 9.78. The fraction of sp³-hybridized carbons (Fsp3) is 0.304. The molecule has 30 heavy (non-hydrogen) atoms. The van der Waals surface area contributed by atoms with E-state index in [9.17, 15) is 19.1 Å². The molecule has 1 amide bonds. The number of amides is 1. The van der Waals surface area contributed by atoms with Gasteiger partial charge in [0.2, 0.25) is 0 Å². The van der Waals surface area contributed by atoms with E-state index in [-0.39, 0.29) is 16.9 Å². The van der Waals surface area contributed by atoms with Gasteiger partial charge in [-0.15, -0.1) is 0 Å². The number of aliphatic hydroxyl groups excluding tert-OH is 1. The highest BCUT2D eigenvalue weighted by Gasteiger charge is 2.45. The summed E-state index contributed by atoms with van der Waals surface area (Å²) in [7, 11) is 1.38. The van der Waals surface area contributed by atoms with Crippen LogP contribution >= 0.6 is 0 Å². The van der Waals surface area contributed by atoms with Crippen molar-refractivity contribution in [2.75, 3.05) is 20.3 Å². The number of halogens is 1. The van der Waals surface area contributed by atoms with E-state index in [2.05, 4.69) is 0 Å². The molecule has 1 N–H and O–H groups in total. The van der Waals surface area contributed by atoms with Crippen LogP contribution < -0.4 is 9.47 Å². The van der Waals surface area contributed by atoms with Gasteiger partial charge in [0.25, 0.3) is 11.7 Å². The number of hydrogen-bond acceptors (Lipinski definition) is 5. The molecule has 1 fully saturated rings. The first-order valence-corrected chi connectivity index (χ1v) is 9.78. The second-order valence-electron chi connectivity index (χ2n) is 6.84. The van der Waals surface area contributed by atoms with Crippen molar-refractivity contribution in [3.8, 4) is 11.5 Å². The molecule has 6 nitrogen and oxygen atoms in total. The van der Waals surface area contributed by atoms with Gasteiger partial charge in [-0.1, -0.05) is 19.1 Å². The number of aliphatic hydroxyl groups is 1. The minimum absolute atomic E-state index is 0.0166. The summed E-state index contributed by atoms with van der Waals surface area (Å²) in [4.78, 5) is 27.0. The second-order valence-corrected chi connectivity index (χ2v) is 6.84. The molecule has 1 heterocycles. The number of ether oxygens (including phenoxy) is 2. The maximum atomic E-state index is 13.9. The molecule has 0 aliphatic carbocycles. The van der Waals surface area contributed by atoms with Crippen molar-refractivity contribution in [2.24, 2.45) is 0 Å². The maximum Gasteiger partial charge on any atom is 0.295 e. The van der Waals surface area contributed by atoms with Crippen molar-refractivity contribution in [1.82, 2.24) is 4.90 Å². The molecule has 1 unspecified atom stereocenters. The van der Waals surface area contributed by atoms with Gasteiger partial charge in [0.15, 0.2) is 0 Å². The minimum atomic E-state index is -0.814. The molecule has 0 aromatic heterocycles. The minimum Gasteiger partial charge on any atom is -0.507 e. The maximum absolute atomic E-state index is 13.9. The van der Waals surface area contributed by atoms with Crippen molar-refractivity contribution >= 4 is 17.4 Å². The van der Waals surface area contributed by atoms with Crippen molar-refractivity contribution < 1.29 is 28.6 Å². The number of hydrogen-bond donors (Lipinski definition) is 1. The Morgan fingerprint density at radius 3 is 2.43 bits per heavy atom. The summed E-state index contributed by atoms with van der Waals surface area (Å²) in [5.74, 6) is -1.74. The Kier molecular flexibility index (Phi) is 6.40. The van der Waals surface area contributed by atoms with E-state index < -0.39 is 29.3 Å². The fourth-order valence-electron chi connectivity index (χ4n) is 3.62. The zero-order valence-electron chi connectivity index (χ0n) is 17.1. The summed E-state index contributed by atoms with van der Waals surface area (Å²) in [5.41, 5.74) is 0.562. The topological polar surface area (TPSA) is 76.1 Å². The summed E-state index contributed by atoms with van der Waals surface area (Å²) in [6.45, 7) is 4.60. The number of benzene rings is 2. The van der Waals surface area contributed by atoms with Gasteiger partial charge in [0.1, 0.15) is 23.1 Å². The SMILES string of the molecule is CCCN1C(=O)C(=O)/C(=C(/O)c2cc(F)ccc2OC)C1c1ccc(OCC)cc1. The lowest BCUT2D eigenvalue weighted by Crippen LogP contribution is -2.30. The molecule has 0 saturated carbocycles. The first-order chi connectivity index (χ1) is 14.4. The number of rotatable bonds is 7. The van der Waals surface area contributed by atoms with Crippen LogP contribution in [0, 0.1) is 5.82 Å². The van der Waals surface area contributed by atoms with Crippen LogP contribution in [0.1, 0.15) is 37.4 Å². The Hall–Kier alpha value is -3.35. The average molecular weight is 413 g/mol. The molecule has 1 atom stereocenters. The van der Waals surface area contributed by atoms with Crippen molar-refractivity contribution in [3.05, 3.63) is 65.0 Å². The van der Waals surface area contributed by atoms with Gasteiger partial charge in [-0.3, -0.25) is 9.59 Å². The zero-order chi connectivity index (χ0) is 21.8. The summed E-state index contributed by atoms with van der Waals surface area (Å²) < 4.78 is 24.5. The van der Waals surface area contributed by atoms with Gasteiger partial charge in [-0.05, 0) is 49.2 Å². The van der Waals surface area contributed by atoms with E-state index in [0.29, 0.717) is 30.9 Å². The molecular formula is C23H24FNO5. The number of likely N-dealkylation sites (tertiary alicyclic amines) is 1. The molecule has 2 aromatic rings. The van der Waals surface area contributed by atoms with Crippen LogP contribution in [-0.4, -0.2) is 42.0 Å². The zero-order valence-corrected chi connectivity index (χ0v) is 17.1. The van der Waals surface area contributed by atoms with Gasteiger partial charge in [-0.2, -0.15) is 0 Å². The van der Waals surface area contributed by atoms with Gasteiger partial charge >= 0.3 is 0 Å². The molecule has 0 bridgehead atoms. The number of carbonyl (C=O) groups excluding carboxylic acids is 2.